The molecule has 3 fully saturated rings. The molecule has 0 unspecified atom stereocenters. The van der Waals surface area contributed by atoms with Gasteiger partial charge in [-0.15, -0.1) is 0 Å². The molecule has 6 heteroatoms. The molecule has 2 amide bonds. The number of hydrogen-bond donors (Lipinski definition) is 3. The van der Waals surface area contributed by atoms with Crippen molar-refractivity contribution in [1.82, 2.24) is 10.6 Å². The number of carbonyl (C=O) groups is 3. The molecule has 3 saturated carbocycles. The van der Waals surface area contributed by atoms with Crippen molar-refractivity contribution in [3.63, 3.8) is 0 Å². The van der Waals surface area contributed by atoms with Crippen LogP contribution in [0.1, 0.15) is 66.2 Å². The van der Waals surface area contributed by atoms with Crippen LogP contribution in [0.4, 0.5) is 0 Å². The number of rotatable bonds is 3. The van der Waals surface area contributed by atoms with Crippen molar-refractivity contribution < 1.29 is 19.5 Å². The van der Waals surface area contributed by atoms with Gasteiger partial charge in [0, 0.05) is 17.4 Å². The molecule has 3 aliphatic carbocycles. The maximum Gasteiger partial charge on any atom is 0.328 e. The fourth-order valence-corrected chi connectivity index (χ4v) is 7.21. The zero-order chi connectivity index (χ0) is 21.2. The molecule has 0 aromatic rings. The van der Waals surface area contributed by atoms with E-state index in [0.29, 0.717) is 17.8 Å². The quantitative estimate of drug-likeness (QED) is 0.676. The molecule has 29 heavy (non-hydrogen) atoms. The predicted octanol–water partition coefficient (Wildman–Crippen LogP) is 2.88. The standard InChI is InChI=1S/C23H34N2O4/c1-21(2,20(28)29)25-19(27)16-7-6-14-13-5-8-17-23(4,12-10-18(26)24-17)15(13)9-11-22(14,16)3/h10,12-17H,5-9,11H2,1-4H3,(H,24,26)(H,25,27)(H,28,29)/t13-,14+,15-,16-,17-,22+,23-/m1/s1. The van der Waals surface area contributed by atoms with Crippen molar-refractivity contribution in [2.75, 3.05) is 0 Å². The van der Waals surface area contributed by atoms with Crippen molar-refractivity contribution in [2.45, 2.75) is 77.8 Å². The molecule has 0 radical (unpaired) electrons. The van der Waals surface area contributed by atoms with E-state index in [1.807, 2.05) is 0 Å². The van der Waals surface area contributed by atoms with E-state index in [2.05, 4.69) is 30.6 Å². The second kappa shape index (κ2) is 6.58. The third-order valence-corrected chi connectivity index (χ3v) is 8.97. The lowest BCUT2D eigenvalue weighted by Gasteiger charge is -2.58. The van der Waals surface area contributed by atoms with Crippen LogP contribution in [-0.4, -0.2) is 34.5 Å². The molecule has 0 saturated heterocycles. The highest BCUT2D eigenvalue weighted by Gasteiger charge is 2.61. The Hall–Kier alpha value is -1.85. The van der Waals surface area contributed by atoms with Crippen molar-refractivity contribution in [2.24, 2.45) is 34.5 Å². The van der Waals surface area contributed by atoms with E-state index in [0.717, 1.165) is 38.5 Å². The number of carboxylic acid groups (broad SMARTS) is 1. The molecule has 0 aromatic carbocycles. The molecule has 4 rings (SSSR count). The summed E-state index contributed by atoms with van der Waals surface area (Å²) in [4.78, 5) is 36.4. The zero-order valence-corrected chi connectivity index (χ0v) is 18.0. The first kappa shape index (κ1) is 20.4. The van der Waals surface area contributed by atoms with Gasteiger partial charge in [-0.05, 0) is 81.6 Å². The topological polar surface area (TPSA) is 95.5 Å². The maximum absolute atomic E-state index is 13.1. The van der Waals surface area contributed by atoms with Crippen molar-refractivity contribution >= 4 is 17.8 Å². The van der Waals surface area contributed by atoms with Gasteiger partial charge < -0.3 is 15.7 Å². The number of nitrogens with one attached hydrogen (secondary N) is 2. The normalized spacial score (nSPS) is 43.6. The molecule has 0 bridgehead atoms. The van der Waals surface area contributed by atoms with Crippen molar-refractivity contribution in [3.8, 4) is 0 Å². The Kier molecular flexibility index (Phi) is 4.63. The van der Waals surface area contributed by atoms with Gasteiger partial charge in [0.05, 0.1) is 0 Å². The van der Waals surface area contributed by atoms with E-state index in [4.69, 9.17) is 0 Å². The fourth-order valence-electron chi connectivity index (χ4n) is 7.21. The van der Waals surface area contributed by atoms with E-state index in [1.165, 1.54) is 0 Å². The molecule has 7 atom stereocenters. The first-order valence-corrected chi connectivity index (χ1v) is 11.0. The molecule has 1 aliphatic heterocycles. The van der Waals surface area contributed by atoms with Gasteiger partial charge >= 0.3 is 5.97 Å². The lowest BCUT2D eigenvalue weighted by molar-refractivity contribution is -0.148. The first-order valence-electron chi connectivity index (χ1n) is 11.0. The summed E-state index contributed by atoms with van der Waals surface area (Å²) in [5.41, 5.74) is -1.34. The summed E-state index contributed by atoms with van der Waals surface area (Å²) in [6, 6.07) is 0.211. The van der Waals surface area contributed by atoms with E-state index in [9.17, 15) is 19.5 Å². The maximum atomic E-state index is 13.1. The van der Waals surface area contributed by atoms with Gasteiger partial charge in [0.1, 0.15) is 5.54 Å². The van der Waals surface area contributed by atoms with E-state index >= 15 is 0 Å². The Balaban J connectivity index is 1.56. The second-order valence-electron chi connectivity index (χ2n) is 10.8. The summed E-state index contributed by atoms with van der Waals surface area (Å²) in [7, 11) is 0. The fraction of sp³-hybridized carbons (Fsp3) is 0.783. The average Bonchev–Trinajstić information content (AvgIpc) is 2.99. The van der Waals surface area contributed by atoms with Gasteiger partial charge in [-0.3, -0.25) is 9.59 Å². The molecule has 3 N–H and O–H groups in total. The van der Waals surface area contributed by atoms with Crippen LogP contribution in [0.2, 0.25) is 0 Å². The Morgan fingerprint density at radius 1 is 1.14 bits per heavy atom. The van der Waals surface area contributed by atoms with Gasteiger partial charge in [-0.2, -0.15) is 0 Å². The third-order valence-electron chi connectivity index (χ3n) is 8.97. The smallest absolute Gasteiger partial charge is 0.328 e. The van der Waals surface area contributed by atoms with Crippen LogP contribution in [0.15, 0.2) is 12.2 Å². The number of hydrogen-bond acceptors (Lipinski definition) is 3. The lowest BCUT2D eigenvalue weighted by atomic mass is 9.48. The average molecular weight is 403 g/mol. The minimum atomic E-state index is -1.25. The predicted molar refractivity (Wildman–Crippen MR) is 109 cm³/mol. The summed E-state index contributed by atoms with van der Waals surface area (Å²) in [5, 5.41) is 15.4. The van der Waals surface area contributed by atoms with Crippen LogP contribution in [0.3, 0.4) is 0 Å². The highest BCUT2D eigenvalue weighted by molar-refractivity contribution is 5.89. The molecule has 4 aliphatic rings. The van der Waals surface area contributed by atoms with Gasteiger partial charge in [0.15, 0.2) is 0 Å². The van der Waals surface area contributed by atoms with E-state index < -0.39 is 11.5 Å². The molecular formula is C23H34N2O4. The Labute approximate surface area is 172 Å². The number of aliphatic carboxylic acids is 1. The minimum absolute atomic E-state index is 0.0101. The largest absolute Gasteiger partial charge is 0.480 e. The number of carboxylic acids is 1. The SMILES string of the molecule is CC(C)(NC(=O)[C@H]1CC[C@H]2[C@H]3CC[C@H]4NC(=O)C=C[C@]4(C)[C@@H]3CC[C@]12C)C(=O)O. The Morgan fingerprint density at radius 2 is 1.86 bits per heavy atom. The third kappa shape index (κ3) is 3.01. The molecule has 6 nitrogen and oxygen atoms in total. The van der Waals surface area contributed by atoms with E-state index in [-0.39, 0.29) is 34.6 Å². The van der Waals surface area contributed by atoms with Crippen LogP contribution < -0.4 is 10.6 Å². The van der Waals surface area contributed by atoms with E-state index in [1.54, 1.807) is 19.9 Å². The summed E-state index contributed by atoms with van der Waals surface area (Å²) in [6.45, 7) is 7.64. The van der Waals surface area contributed by atoms with Gasteiger partial charge in [-0.1, -0.05) is 19.9 Å². The zero-order valence-electron chi connectivity index (χ0n) is 18.0. The van der Waals surface area contributed by atoms with Crippen LogP contribution >= 0.6 is 0 Å². The molecule has 160 valence electrons. The van der Waals surface area contributed by atoms with Gasteiger partial charge in [-0.25, -0.2) is 4.79 Å². The van der Waals surface area contributed by atoms with Crippen molar-refractivity contribution in [3.05, 3.63) is 12.2 Å². The van der Waals surface area contributed by atoms with Crippen molar-refractivity contribution in [1.29, 1.82) is 0 Å². The van der Waals surface area contributed by atoms with Gasteiger partial charge in [0.25, 0.3) is 0 Å². The Bertz CT molecular complexity index is 775. The minimum Gasteiger partial charge on any atom is -0.480 e. The molecule has 0 aromatic heterocycles. The summed E-state index contributed by atoms with van der Waals surface area (Å²) < 4.78 is 0. The highest BCUT2D eigenvalue weighted by Crippen LogP contribution is 2.65. The number of carbonyl (C=O) groups excluding carboxylic acids is 2. The summed E-state index contributed by atoms with van der Waals surface area (Å²) in [6.07, 6.45) is 9.82. The Morgan fingerprint density at radius 3 is 2.55 bits per heavy atom. The van der Waals surface area contributed by atoms with Crippen LogP contribution in [0.5, 0.6) is 0 Å². The van der Waals surface area contributed by atoms with Crippen LogP contribution in [-0.2, 0) is 14.4 Å². The highest BCUT2D eigenvalue weighted by atomic mass is 16.4. The molecule has 1 heterocycles. The number of amides is 2. The molecule has 0 spiro atoms. The monoisotopic (exact) mass is 402 g/mol. The second-order valence-corrected chi connectivity index (χ2v) is 10.8. The van der Waals surface area contributed by atoms with Crippen LogP contribution in [0, 0.1) is 34.5 Å². The van der Waals surface area contributed by atoms with Gasteiger partial charge in [0.2, 0.25) is 11.8 Å². The summed E-state index contributed by atoms with van der Waals surface area (Å²) in [5.74, 6) is 0.337. The van der Waals surface area contributed by atoms with Crippen LogP contribution in [0.25, 0.3) is 0 Å². The molecular weight excluding hydrogens is 368 g/mol. The lowest BCUT2D eigenvalue weighted by Crippen LogP contribution is -2.60. The number of fused-ring (bicyclic) bond motifs is 5. The summed E-state index contributed by atoms with van der Waals surface area (Å²) >= 11 is 0. The first-order chi connectivity index (χ1) is 13.5.